The predicted molar refractivity (Wildman–Crippen MR) is 124 cm³/mol. The van der Waals surface area contributed by atoms with E-state index < -0.39 is 10.8 Å². The van der Waals surface area contributed by atoms with E-state index in [0.29, 0.717) is 34.3 Å². The molecule has 3 aromatic rings. The van der Waals surface area contributed by atoms with E-state index in [-0.39, 0.29) is 11.4 Å². The average Bonchev–Trinajstić information content (AvgIpc) is 2.78. The number of methoxy groups -OCH3 is 1. The van der Waals surface area contributed by atoms with Crippen LogP contribution in [0.25, 0.3) is 6.08 Å². The molecule has 1 N–H and O–H groups in total. The molecule has 0 atom stereocenters. The van der Waals surface area contributed by atoms with Gasteiger partial charge in [0.15, 0.2) is 11.5 Å². The maximum atomic E-state index is 12.3. The molecule has 0 aromatic heterocycles. The van der Waals surface area contributed by atoms with Crippen LogP contribution in [0.3, 0.4) is 0 Å². The largest absolute Gasteiger partial charge is 0.493 e. The van der Waals surface area contributed by atoms with Gasteiger partial charge in [-0.05, 0) is 54.0 Å². The Morgan fingerprint density at radius 1 is 1.12 bits per heavy atom. The van der Waals surface area contributed by atoms with E-state index in [1.807, 2.05) is 12.1 Å². The summed E-state index contributed by atoms with van der Waals surface area (Å²) in [5.74, 6) is 0.583. The van der Waals surface area contributed by atoms with Crippen molar-refractivity contribution in [2.45, 2.75) is 13.5 Å². The van der Waals surface area contributed by atoms with Gasteiger partial charge in [0.25, 0.3) is 5.69 Å². The van der Waals surface area contributed by atoms with Gasteiger partial charge in [0.05, 0.1) is 12.0 Å². The van der Waals surface area contributed by atoms with Crippen LogP contribution < -0.4 is 14.8 Å². The SMILES string of the molecule is COc1cc(/C=C/C(=O)Nc2c(C)cccc2[N+](=O)[O-])ccc1OCc1ccc(Cl)cc1. The van der Waals surface area contributed by atoms with Crippen molar-refractivity contribution >= 4 is 35.0 Å². The van der Waals surface area contributed by atoms with Gasteiger partial charge in [-0.2, -0.15) is 0 Å². The zero-order valence-electron chi connectivity index (χ0n) is 17.5. The third-order valence-electron chi connectivity index (χ3n) is 4.62. The first kappa shape index (κ1) is 22.8. The number of aryl methyl sites for hydroxylation is 1. The number of hydrogen-bond acceptors (Lipinski definition) is 5. The number of para-hydroxylation sites is 1. The molecule has 3 rings (SSSR count). The monoisotopic (exact) mass is 452 g/mol. The van der Waals surface area contributed by atoms with E-state index >= 15 is 0 Å². The van der Waals surface area contributed by atoms with Gasteiger partial charge < -0.3 is 14.8 Å². The topological polar surface area (TPSA) is 90.7 Å². The predicted octanol–water partition coefficient (Wildman–Crippen LogP) is 5.80. The van der Waals surface area contributed by atoms with Gasteiger partial charge in [-0.25, -0.2) is 0 Å². The molecule has 0 bridgehead atoms. The van der Waals surface area contributed by atoms with Crippen molar-refractivity contribution in [2.75, 3.05) is 12.4 Å². The molecular formula is C24H21ClN2O5. The summed E-state index contributed by atoms with van der Waals surface area (Å²) in [7, 11) is 1.53. The van der Waals surface area contributed by atoms with Crippen LogP contribution in [-0.2, 0) is 11.4 Å². The lowest BCUT2D eigenvalue weighted by Gasteiger charge is -2.11. The van der Waals surface area contributed by atoms with Gasteiger partial charge >= 0.3 is 0 Å². The highest BCUT2D eigenvalue weighted by atomic mass is 35.5. The molecule has 0 saturated heterocycles. The van der Waals surface area contributed by atoms with Crippen LogP contribution >= 0.6 is 11.6 Å². The van der Waals surface area contributed by atoms with E-state index in [1.165, 1.54) is 19.3 Å². The maximum absolute atomic E-state index is 12.3. The minimum absolute atomic E-state index is 0.157. The summed E-state index contributed by atoms with van der Waals surface area (Å²) in [5.41, 5.74) is 2.29. The third-order valence-corrected chi connectivity index (χ3v) is 4.87. The summed E-state index contributed by atoms with van der Waals surface area (Å²) in [6.45, 7) is 2.04. The normalized spacial score (nSPS) is 10.7. The van der Waals surface area contributed by atoms with E-state index in [2.05, 4.69) is 5.32 Å². The fraction of sp³-hybridized carbons (Fsp3) is 0.125. The minimum Gasteiger partial charge on any atom is -0.493 e. The van der Waals surface area contributed by atoms with E-state index in [0.717, 1.165) is 5.56 Å². The molecule has 7 nitrogen and oxygen atoms in total. The van der Waals surface area contributed by atoms with Crippen LogP contribution in [-0.4, -0.2) is 17.9 Å². The number of nitrogens with one attached hydrogen (secondary N) is 1. The Balaban J connectivity index is 1.69. The summed E-state index contributed by atoms with van der Waals surface area (Å²) in [6, 6.07) is 17.2. The number of rotatable bonds is 8. The molecule has 164 valence electrons. The number of nitrogens with zero attached hydrogens (tertiary/aromatic N) is 1. The minimum atomic E-state index is -0.528. The molecule has 32 heavy (non-hydrogen) atoms. The third kappa shape index (κ3) is 5.86. The molecule has 0 radical (unpaired) electrons. The van der Waals surface area contributed by atoms with Crippen molar-refractivity contribution in [3.63, 3.8) is 0 Å². The Bertz CT molecular complexity index is 1160. The van der Waals surface area contributed by atoms with Crippen LogP contribution in [0.4, 0.5) is 11.4 Å². The second-order valence-corrected chi connectivity index (χ2v) is 7.31. The quantitative estimate of drug-likeness (QED) is 0.265. The fourth-order valence-electron chi connectivity index (χ4n) is 2.95. The van der Waals surface area contributed by atoms with Crippen molar-refractivity contribution in [3.8, 4) is 11.5 Å². The molecule has 0 unspecified atom stereocenters. The Labute approximate surface area is 190 Å². The number of anilines is 1. The van der Waals surface area contributed by atoms with Crippen LogP contribution in [0.1, 0.15) is 16.7 Å². The highest BCUT2D eigenvalue weighted by Crippen LogP contribution is 2.30. The van der Waals surface area contributed by atoms with Crippen molar-refractivity contribution < 1.29 is 19.2 Å². The highest BCUT2D eigenvalue weighted by Gasteiger charge is 2.16. The molecule has 0 aliphatic carbocycles. The highest BCUT2D eigenvalue weighted by molar-refractivity contribution is 6.30. The van der Waals surface area contributed by atoms with Crippen molar-refractivity contribution in [1.82, 2.24) is 0 Å². The number of nitro benzene ring substituents is 1. The zero-order valence-corrected chi connectivity index (χ0v) is 18.3. The molecule has 0 heterocycles. The first-order valence-electron chi connectivity index (χ1n) is 9.65. The van der Waals surface area contributed by atoms with Crippen molar-refractivity contribution in [3.05, 3.63) is 98.6 Å². The van der Waals surface area contributed by atoms with Crippen molar-refractivity contribution in [2.24, 2.45) is 0 Å². The lowest BCUT2D eigenvalue weighted by Crippen LogP contribution is -2.11. The van der Waals surface area contributed by atoms with E-state index in [9.17, 15) is 14.9 Å². The number of carbonyl (C=O) groups is 1. The summed E-state index contributed by atoms with van der Waals surface area (Å²) in [5, 5.41) is 14.4. The van der Waals surface area contributed by atoms with Gasteiger partial charge in [0.2, 0.25) is 5.91 Å². The van der Waals surface area contributed by atoms with E-state index in [1.54, 1.807) is 55.5 Å². The molecule has 8 heteroatoms. The molecule has 0 aliphatic heterocycles. The molecule has 1 amide bonds. The van der Waals surface area contributed by atoms with Gasteiger partial charge in [-0.1, -0.05) is 41.9 Å². The van der Waals surface area contributed by atoms with E-state index in [4.69, 9.17) is 21.1 Å². The molecular weight excluding hydrogens is 432 g/mol. The van der Waals surface area contributed by atoms with Crippen LogP contribution in [0.5, 0.6) is 11.5 Å². The second kappa shape index (κ2) is 10.5. The summed E-state index contributed by atoms with van der Waals surface area (Å²) in [6.07, 6.45) is 2.89. The van der Waals surface area contributed by atoms with Gasteiger partial charge in [-0.3, -0.25) is 14.9 Å². The summed E-state index contributed by atoms with van der Waals surface area (Å²) < 4.78 is 11.2. The molecule has 0 fully saturated rings. The Morgan fingerprint density at radius 3 is 2.56 bits per heavy atom. The summed E-state index contributed by atoms with van der Waals surface area (Å²) in [4.78, 5) is 23.0. The number of hydrogen-bond donors (Lipinski definition) is 1. The van der Waals surface area contributed by atoms with Crippen LogP contribution in [0, 0.1) is 17.0 Å². The van der Waals surface area contributed by atoms with Crippen molar-refractivity contribution in [1.29, 1.82) is 0 Å². The first-order valence-corrected chi connectivity index (χ1v) is 10.0. The Hall–Kier alpha value is -3.84. The maximum Gasteiger partial charge on any atom is 0.293 e. The molecule has 0 aliphatic rings. The Kier molecular flexibility index (Phi) is 7.46. The van der Waals surface area contributed by atoms with Crippen LogP contribution in [0.15, 0.2) is 66.7 Å². The molecule has 3 aromatic carbocycles. The second-order valence-electron chi connectivity index (χ2n) is 6.87. The lowest BCUT2D eigenvalue weighted by molar-refractivity contribution is -0.384. The number of benzene rings is 3. The van der Waals surface area contributed by atoms with Gasteiger partial charge in [0, 0.05) is 17.2 Å². The summed E-state index contributed by atoms with van der Waals surface area (Å²) >= 11 is 5.89. The number of ether oxygens (including phenoxy) is 2. The lowest BCUT2D eigenvalue weighted by atomic mass is 10.1. The number of nitro groups is 1. The zero-order chi connectivity index (χ0) is 23.1. The standard InChI is InChI=1S/C24H21ClN2O5/c1-16-4-3-5-20(27(29)30)24(16)26-23(28)13-9-17-8-12-21(22(14-17)31-2)32-15-18-6-10-19(25)11-7-18/h3-14H,15H2,1-2H3,(H,26,28)/b13-9+. The molecule has 0 saturated carbocycles. The van der Waals surface area contributed by atoms with Gasteiger partial charge in [0.1, 0.15) is 12.3 Å². The van der Waals surface area contributed by atoms with Crippen LogP contribution in [0.2, 0.25) is 5.02 Å². The average molecular weight is 453 g/mol. The number of halogens is 1. The number of amides is 1. The van der Waals surface area contributed by atoms with Gasteiger partial charge in [-0.15, -0.1) is 0 Å². The number of carbonyl (C=O) groups excluding carboxylic acids is 1. The first-order chi connectivity index (χ1) is 15.4. The molecule has 0 spiro atoms. The smallest absolute Gasteiger partial charge is 0.293 e. The fourth-order valence-corrected chi connectivity index (χ4v) is 3.08. The Morgan fingerprint density at radius 2 is 1.88 bits per heavy atom.